The highest BCUT2D eigenvalue weighted by molar-refractivity contribution is 5.91. The Morgan fingerprint density at radius 1 is 1.28 bits per heavy atom. The molecule has 0 aliphatic rings. The molecule has 29 heavy (non-hydrogen) atoms. The average molecular weight is 392 g/mol. The molecule has 0 fully saturated rings. The Labute approximate surface area is 172 Å². The third kappa shape index (κ3) is 4.65. The summed E-state index contributed by atoms with van der Waals surface area (Å²) in [6.45, 7) is 8.84. The van der Waals surface area contributed by atoms with E-state index in [1.165, 1.54) is 5.56 Å². The number of aryl methyl sites for hydroxylation is 2. The van der Waals surface area contributed by atoms with E-state index in [0.29, 0.717) is 6.54 Å². The van der Waals surface area contributed by atoms with Crippen LogP contribution < -0.4 is 5.32 Å². The summed E-state index contributed by atoms with van der Waals surface area (Å²) in [6.07, 6.45) is 5.75. The number of likely N-dealkylation sites (N-methyl/N-ethyl adjacent to an activating group) is 1. The maximum Gasteiger partial charge on any atom is 0.209 e. The molecule has 0 saturated carbocycles. The van der Waals surface area contributed by atoms with Gasteiger partial charge in [-0.3, -0.25) is 4.79 Å². The summed E-state index contributed by atoms with van der Waals surface area (Å²) in [4.78, 5) is 25.7. The van der Waals surface area contributed by atoms with E-state index in [4.69, 9.17) is 9.97 Å². The number of hydrogen-bond acceptors (Lipinski definition) is 4. The second kappa shape index (κ2) is 8.90. The van der Waals surface area contributed by atoms with Crippen molar-refractivity contribution in [1.82, 2.24) is 19.9 Å². The second-order valence-electron chi connectivity index (χ2n) is 7.47. The highest BCUT2D eigenvalue weighted by atomic mass is 16.1. The summed E-state index contributed by atoms with van der Waals surface area (Å²) in [7, 11) is 1.79. The van der Waals surface area contributed by atoms with Gasteiger partial charge < -0.3 is 15.2 Å². The first-order chi connectivity index (χ1) is 13.9. The van der Waals surface area contributed by atoms with Gasteiger partial charge in [-0.05, 0) is 45.4 Å². The standard InChI is InChI=1S/C23H29N5O/c1-6-8-16(3)24-23-17(4)25-20-10-7-9-18(22(20)27-23)21-13-15(2)19(26-21)11-12-28(5)14-29/h6-10,13-14,16,26H,11-12H2,1-5H3,(H,24,27)/b8-6+/t16-/m0/s1. The minimum absolute atomic E-state index is 0.173. The quantitative estimate of drug-likeness (QED) is 0.445. The van der Waals surface area contributed by atoms with Gasteiger partial charge in [0, 0.05) is 43.0 Å². The Morgan fingerprint density at radius 3 is 2.79 bits per heavy atom. The van der Waals surface area contributed by atoms with Crippen LogP contribution in [0.3, 0.4) is 0 Å². The SMILES string of the molecule is C/C=C/[C@H](C)Nc1nc2c(-c3cc(C)c(CCN(C)C=O)[nH]3)cccc2nc1C. The number of allylic oxidation sites excluding steroid dienone is 1. The average Bonchev–Trinajstić information content (AvgIpc) is 3.06. The number of aromatic amines is 1. The molecule has 6 nitrogen and oxygen atoms in total. The van der Waals surface area contributed by atoms with Crippen LogP contribution >= 0.6 is 0 Å². The van der Waals surface area contributed by atoms with Gasteiger partial charge in [-0.2, -0.15) is 0 Å². The fourth-order valence-corrected chi connectivity index (χ4v) is 3.42. The lowest BCUT2D eigenvalue weighted by Crippen LogP contribution is -2.19. The number of H-pyrrole nitrogens is 1. The first-order valence-electron chi connectivity index (χ1n) is 9.94. The van der Waals surface area contributed by atoms with E-state index >= 15 is 0 Å². The summed E-state index contributed by atoms with van der Waals surface area (Å²) in [5.41, 5.74) is 6.97. The van der Waals surface area contributed by atoms with Gasteiger partial charge in [-0.25, -0.2) is 9.97 Å². The van der Waals surface area contributed by atoms with Gasteiger partial charge in [0.25, 0.3) is 0 Å². The van der Waals surface area contributed by atoms with Crippen LogP contribution in [0.25, 0.3) is 22.3 Å². The van der Waals surface area contributed by atoms with Crippen LogP contribution in [0.4, 0.5) is 5.82 Å². The number of rotatable bonds is 8. The van der Waals surface area contributed by atoms with Gasteiger partial charge in [0.2, 0.25) is 6.41 Å². The number of anilines is 1. The van der Waals surface area contributed by atoms with Gasteiger partial charge in [0.05, 0.1) is 11.2 Å². The van der Waals surface area contributed by atoms with E-state index in [9.17, 15) is 4.79 Å². The van der Waals surface area contributed by atoms with Gasteiger partial charge in [-0.1, -0.05) is 24.3 Å². The van der Waals surface area contributed by atoms with Gasteiger partial charge in [0.15, 0.2) is 0 Å². The monoisotopic (exact) mass is 391 g/mol. The zero-order valence-corrected chi connectivity index (χ0v) is 17.8. The number of carbonyl (C=O) groups excluding carboxylic acids is 1. The van der Waals surface area contributed by atoms with Gasteiger partial charge in [0.1, 0.15) is 11.3 Å². The molecular weight excluding hydrogens is 362 g/mol. The highest BCUT2D eigenvalue weighted by Gasteiger charge is 2.14. The van der Waals surface area contributed by atoms with Crippen LogP contribution in [0.15, 0.2) is 36.4 Å². The molecule has 0 aliphatic carbocycles. The summed E-state index contributed by atoms with van der Waals surface area (Å²) in [5, 5.41) is 3.43. The fraction of sp³-hybridized carbons (Fsp3) is 0.348. The predicted octanol–water partition coefficient (Wildman–Crippen LogP) is 4.25. The molecule has 6 heteroatoms. The van der Waals surface area contributed by atoms with Crippen LogP contribution in [0, 0.1) is 13.8 Å². The Morgan fingerprint density at radius 2 is 2.07 bits per heavy atom. The zero-order chi connectivity index (χ0) is 21.0. The van der Waals surface area contributed by atoms with E-state index in [1.54, 1.807) is 11.9 Å². The number of aromatic nitrogens is 3. The summed E-state index contributed by atoms with van der Waals surface area (Å²) >= 11 is 0. The largest absolute Gasteiger partial charge is 0.363 e. The molecule has 2 heterocycles. The minimum atomic E-state index is 0.173. The lowest BCUT2D eigenvalue weighted by molar-refractivity contribution is -0.116. The number of para-hydroxylation sites is 1. The van der Waals surface area contributed by atoms with Crippen LogP contribution in [0.5, 0.6) is 0 Å². The predicted molar refractivity (Wildman–Crippen MR) is 119 cm³/mol. The molecule has 0 unspecified atom stereocenters. The van der Waals surface area contributed by atoms with Crippen molar-refractivity contribution in [3.63, 3.8) is 0 Å². The molecule has 2 N–H and O–H groups in total. The van der Waals surface area contributed by atoms with Crippen molar-refractivity contribution >= 4 is 23.3 Å². The first kappa shape index (κ1) is 20.6. The molecule has 0 bridgehead atoms. The normalized spacial score (nSPS) is 12.4. The van der Waals surface area contributed by atoms with Gasteiger partial charge >= 0.3 is 0 Å². The third-order valence-corrected chi connectivity index (χ3v) is 5.02. The second-order valence-corrected chi connectivity index (χ2v) is 7.47. The van der Waals surface area contributed by atoms with E-state index in [0.717, 1.165) is 52.3 Å². The van der Waals surface area contributed by atoms with Gasteiger partial charge in [-0.15, -0.1) is 0 Å². The Hall–Kier alpha value is -3.15. The van der Waals surface area contributed by atoms with Crippen molar-refractivity contribution in [3.05, 3.63) is 53.4 Å². The Balaban J connectivity index is 2.00. The van der Waals surface area contributed by atoms with Crippen LogP contribution in [0.2, 0.25) is 0 Å². The number of hydrogen-bond donors (Lipinski definition) is 2. The Bertz CT molecular complexity index is 1040. The fourth-order valence-electron chi connectivity index (χ4n) is 3.42. The summed E-state index contributed by atoms with van der Waals surface area (Å²) < 4.78 is 0. The molecule has 1 atom stereocenters. The molecular formula is C23H29N5O. The molecule has 3 aromatic rings. The van der Waals surface area contributed by atoms with Crippen molar-refractivity contribution in [2.75, 3.05) is 18.9 Å². The van der Waals surface area contributed by atoms with E-state index in [1.807, 2.05) is 32.1 Å². The van der Waals surface area contributed by atoms with Crippen molar-refractivity contribution in [2.45, 2.75) is 40.2 Å². The van der Waals surface area contributed by atoms with Crippen molar-refractivity contribution < 1.29 is 4.79 Å². The third-order valence-electron chi connectivity index (χ3n) is 5.02. The van der Waals surface area contributed by atoms with Crippen molar-refractivity contribution in [2.24, 2.45) is 0 Å². The molecule has 0 aliphatic heterocycles. The smallest absolute Gasteiger partial charge is 0.209 e. The van der Waals surface area contributed by atoms with E-state index in [2.05, 4.69) is 42.4 Å². The van der Waals surface area contributed by atoms with Crippen molar-refractivity contribution in [3.8, 4) is 11.3 Å². The molecule has 3 rings (SSSR count). The Kier molecular flexibility index (Phi) is 6.32. The number of nitrogens with zero attached hydrogens (tertiary/aromatic N) is 3. The minimum Gasteiger partial charge on any atom is -0.363 e. The van der Waals surface area contributed by atoms with Crippen LogP contribution in [-0.2, 0) is 11.2 Å². The number of benzene rings is 1. The van der Waals surface area contributed by atoms with Crippen molar-refractivity contribution in [1.29, 1.82) is 0 Å². The maximum atomic E-state index is 10.9. The molecule has 152 valence electrons. The van der Waals surface area contributed by atoms with Crippen LogP contribution in [0.1, 0.15) is 30.8 Å². The molecule has 0 radical (unpaired) electrons. The molecule has 0 spiro atoms. The molecule has 0 saturated heterocycles. The number of carbonyl (C=O) groups is 1. The van der Waals surface area contributed by atoms with E-state index < -0.39 is 0 Å². The number of fused-ring (bicyclic) bond motifs is 1. The maximum absolute atomic E-state index is 10.9. The summed E-state index contributed by atoms with van der Waals surface area (Å²) in [5.74, 6) is 0.798. The highest BCUT2D eigenvalue weighted by Crippen LogP contribution is 2.29. The molecule has 1 amide bonds. The van der Waals surface area contributed by atoms with E-state index in [-0.39, 0.29) is 6.04 Å². The van der Waals surface area contributed by atoms with Crippen LogP contribution in [-0.4, -0.2) is 45.9 Å². The molecule has 2 aromatic heterocycles. The number of amides is 1. The first-order valence-corrected chi connectivity index (χ1v) is 9.94. The lowest BCUT2D eigenvalue weighted by Gasteiger charge is -2.14. The lowest BCUT2D eigenvalue weighted by atomic mass is 10.1. The summed E-state index contributed by atoms with van der Waals surface area (Å²) in [6, 6.07) is 8.39. The zero-order valence-electron chi connectivity index (χ0n) is 17.8. The number of nitrogens with one attached hydrogen (secondary N) is 2. The molecule has 1 aromatic carbocycles. The topological polar surface area (TPSA) is 73.9 Å².